The zero-order chi connectivity index (χ0) is 27.4. The summed E-state index contributed by atoms with van der Waals surface area (Å²) in [4.78, 5) is 52.1. The number of hydrogen-bond donors (Lipinski definition) is 0. The van der Waals surface area contributed by atoms with Crippen LogP contribution >= 0.6 is 0 Å². The molecule has 1 amide bonds. The van der Waals surface area contributed by atoms with E-state index in [2.05, 4.69) is 15.0 Å². The van der Waals surface area contributed by atoms with Crippen molar-refractivity contribution in [2.45, 2.75) is 44.8 Å². The van der Waals surface area contributed by atoms with Crippen LogP contribution in [0.2, 0.25) is 0 Å². The molecule has 2 atom stereocenters. The molecule has 39 heavy (non-hydrogen) atoms. The van der Waals surface area contributed by atoms with E-state index in [0.717, 1.165) is 12.8 Å². The summed E-state index contributed by atoms with van der Waals surface area (Å²) in [7, 11) is 3.07. The summed E-state index contributed by atoms with van der Waals surface area (Å²) >= 11 is 0. The van der Waals surface area contributed by atoms with Crippen LogP contribution in [-0.2, 0) is 32.0 Å². The van der Waals surface area contributed by atoms with Gasteiger partial charge in [0.25, 0.3) is 5.56 Å². The van der Waals surface area contributed by atoms with Crippen molar-refractivity contribution in [2.75, 3.05) is 39.1 Å². The average molecular weight is 538 g/mol. The van der Waals surface area contributed by atoms with Gasteiger partial charge in [-0.25, -0.2) is 9.97 Å². The first-order valence-corrected chi connectivity index (χ1v) is 12.9. The fourth-order valence-electron chi connectivity index (χ4n) is 5.02. The number of amides is 1. The van der Waals surface area contributed by atoms with Gasteiger partial charge < -0.3 is 18.9 Å². The number of Topliss-reactive ketones (excluding diaryl/α,β-unsaturated/α-hetero) is 1. The highest BCUT2D eigenvalue weighted by molar-refractivity contribution is 5.95. The van der Waals surface area contributed by atoms with Gasteiger partial charge in [0, 0.05) is 26.1 Å². The third kappa shape index (κ3) is 6.07. The first-order valence-electron chi connectivity index (χ1n) is 12.9. The number of hydrogen-bond acceptors (Lipinski definition) is 10. The van der Waals surface area contributed by atoms with Crippen LogP contribution in [0.25, 0.3) is 11.2 Å². The average Bonchev–Trinajstić information content (AvgIpc) is 3.32. The molecule has 2 aliphatic rings. The zero-order valence-electron chi connectivity index (χ0n) is 22.0. The summed E-state index contributed by atoms with van der Waals surface area (Å²) < 4.78 is 23.2. The van der Waals surface area contributed by atoms with E-state index in [1.165, 1.54) is 13.3 Å². The Balaban J connectivity index is 1.22. The van der Waals surface area contributed by atoms with Gasteiger partial charge in [0.2, 0.25) is 11.8 Å². The number of ether oxygens (including phenoxy) is 4. The minimum atomic E-state index is -0.311. The summed E-state index contributed by atoms with van der Waals surface area (Å²) in [5, 5.41) is 0. The number of fused-ring (bicyclic) bond motifs is 2. The molecule has 0 aromatic carbocycles. The number of nitrogens with zero attached hydrogens (tertiary/aromatic N) is 5. The molecule has 0 spiro atoms. The van der Waals surface area contributed by atoms with Gasteiger partial charge in [0.15, 0.2) is 11.4 Å². The lowest BCUT2D eigenvalue weighted by Crippen LogP contribution is -2.30. The van der Waals surface area contributed by atoms with Crippen molar-refractivity contribution in [3.8, 4) is 11.6 Å². The second-order valence-electron chi connectivity index (χ2n) is 9.72. The number of pyridine rings is 2. The largest absolute Gasteiger partial charge is 0.484 e. The van der Waals surface area contributed by atoms with E-state index in [1.807, 2.05) is 0 Å². The lowest BCUT2D eigenvalue weighted by atomic mass is 9.99. The molecule has 0 bridgehead atoms. The maximum Gasteiger partial charge on any atom is 0.270 e. The third-order valence-corrected chi connectivity index (χ3v) is 6.97. The van der Waals surface area contributed by atoms with Gasteiger partial charge in [-0.3, -0.25) is 23.9 Å². The van der Waals surface area contributed by atoms with Crippen molar-refractivity contribution in [3.05, 3.63) is 46.5 Å². The number of methoxy groups -OCH3 is 2. The molecule has 2 aliphatic heterocycles. The van der Waals surface area contributed by atoms with Gasteiger partial charge in [0.1, 0.15) is 30.5 Å². The Kier molecular flexibility index (Phi) is 8.13. The highest BCUT2D eigenvalue weighted by Gasteiger charge is 2.32. The summed E-state index contributed by atoms with van der Waals surface area (Å²) in [5.41, 5.74) is 1.30. The summed E-state index contributed by atoms with van der Waals surface area (Å²) in [6, 6.07) is 7.00. The van der Waals surface area contributed by atoms with E-state index in [1.54, 1.807) is 40.8 Å². The normalized spacial score (nSPS) is 17.8. The van der Waals surface area contributed by atoms with Gasteiger partial charge in [-0.1, -0.05) is 6.42 Å². The lowest BCUT2D eigenvalue weighted by Gasteiger charge is -2.21. The monoisotopic (exact) mass is 537 g/mol. The molecule has 5 heterocycles. The SMILES string of the molecule is COCOC(CCC[C@H]1CC(=O)N(c2ccc3c(n2)CC(=O)CO3)C1)Cn1c(=O)cnc2ccc(OC)nc21. The first kappa shape index (κ1) is 26.7. The first-order chi connectivity index (χ1) is 18.9. The van der Waals surface area contributed by atoms with Crippen LogP contribution in [0.5, 0.6) is 11.6 Å². The van der Waals surface area contributed by atoms with E-state index in [4.69, 9.17) is 18.9 Å². The van der Waals surface area contributed by atoms with Crippen molar-refractivity contribution in [3.63, 3.8) is 0 Å². The summed E-state index contributed by atoms with van der Waals surface area (Å²) in [6.45, 7) is 0.980. The molecule has 12 nitrogen and oxygen atoms in total. The summed E-state index contributed by atoms with van der Waals surface area (Å²) in [6.07, 6.45) is 3.86. The van der Waals surface area contributed by atoms with E-state index >= 15 is 0 Å². The topological polar surface area (TPSA) is 135 Å². The van der Waals surface area contributed by atoms with E-state index in [-0.39, 0.29) is 55.6 Å². The van der Waals surface area contributed by atoms with Crippen molar-refractivity contribution in [1.82, 2.24) is 19.5 Å². The number of ketones is 1. The molecule has 0 saturated carbocycles. The number of anilines is 1. The predicted molar refractivity (Wildman–Crippen MR) is 140 cm³/mol. The standard InChI is InChI=1S/C27H31N5O7/c1-36-16-39-19(14-32-26(35)12-28-20-6-9-24(37-2)30-27(20)32)5-3-4-17-10-25(34)31(13-17)23-8-7-22-21(29-23)11-18(33)15-38-22/h6-9,12,17,19H,3-5,10-11,13-16H2,1-2H3/t17-,19?/m0/s1. The van der Waals surface area contributed by atoms with Crippen LogP contribution in [0.3, 0.4) is 0 Å². The number of carbonyl (C=O) groups is 2. The Labute approximate surface area is 224 Å². The predicted octanol–water partition coefficient (Wildman–Crippen LogP) is 1.91. The highest BCUT2D eigenvalue weighted by Crippen LogP contribution is 2.30. The Hall–Kier alpha value is -3.90. The number of carbonyl (C=O) groups excluding carboxylic acids is 2. The molecule has 3 aromatic heterocycles. The molecular weight excluding hydrogens is 506 g/mol. The molecule has 1 fully saturated rings. The van der Waals surface area contributed by atoms with Gasteiger partial charge in [-0.2, -0.15) is 4.98 Å². The molecule has 0 radical (unpaired) electrons. The maximum absolute atomic E-state index is 12.8. The zero-order valence-corrected chi connectivity index (χ0v) is 22.0. The smallest absolute Gasteiger partial charge is 0.270 e. The van der Waals surface area contributed by atoms with Crippen LogP contribution in [0.4, 0.5) is 5.82 Å². The second-order valence-corrected chi connectivity index (χ2v) is 9.72. The second kappa shape index (κ2) is 11.9. The van der Waals surface area contributed by atoms with E-state index in [9.17, 15) is 14.4 Å². The quantitative estimate of drug-likeness (QED) is 0.334. The van der Waals surface area contributed by atoms with Crippen LogP contribution < -0.4 is 19.9 Å². The van der Waals surface area contributed by atoms with Crippen LogP contribution in [0, 0.1) is 5.92 Å². The molecule has 1 unspecified atom stereocenters. The molecule has 206 valence electrons. The Bertz CT molecular complexity index is 1430. The van der Waals surface area contributed by atoms with Crippen molar-refractivity contribution in [2.24, 2.45) is 5.92 Å². The molecule has 1 saturated heterocycles. The maximum atomic E-state index is 12.8. The minimum absolute atomic E-state index is 0.0116. The van der Waals surface area contributed by atoms with Crippen LogP contribution in [-0.4, -0.2) is 71.5 Å². The molecule has 3 aromatic rings. The van der Waals surface area contributed by atoms with Crippen LogP contribution in [0.15, 0.2) is 35.3 Å². The van der Waals surface area contributed by atoms with Crippen molar-refractivity contribution >= 4 is 28.7 Å². The van der Waals surface area contributed by atoms with Gasteiger partial charge >= 0.3 is 0 Å². The number of rotatable bonds is 11. The third-order valence-electron chi connectivity index (χ3n) is 6.97. The van der Waals surface area contributed by atoms with Crippen LogP contribution in [0.1, 0.15) is 31.4 Å². The molecule has 0 N–H and O–H groups in total. The van der Waals surface area contributed by atoms with E-state index < -0.39 is 0 Å². The van der Waals surface area contributed by atoms with Gasteiger partial charge in [-0.15, -0.1) is 0 Å². The lowest BCUT2D eigenvalue weighted by molar-refractivity contribution is -0.121. The summed E-state index contributed by atoms with van der Waals surface area (Å²) in [5.74, 6) is 1.68. The van der Waals surface area contributed by atoms with Gasteiger partial charge in [0.05, 0.1) is 38.1 Å². The Morgan fingerprint density at radius 2 is 2.00 bits per heavy atom. The minimum Gasteiger partial charge on any atom is -0.484 e. The molecule has 0 aliphatic carbocycles. The molecule has 5 rings (SSSR count). The number of aromatic nitrogens is 4. The van der Waals surface area contributed by atoms with E-state index in [0.29, 0.717) is 53.7 Å². The molecular formula is C27H31N5O7. The fraction of sp³-hybridized carbons (Fsp3) is 0.481. The highest BCUT2D eigenvalue weighted by atomic mass is 16.7. The Morgan fingerprint density at radius 1 is 1.13 bits per heavy atom. The Morgan fingerprint density at radius 3 is 2.82 bits per heavy atom. The van der Waals surface area contributed by atoms with Gasteiger partial charge in [-0.05, 0) is 37.0 Å². The fourth-order valence-corrected chi connectivity index (χ4v) is 5.02. The molecule has 12 heteroatoms. The van der Waals surface area contributed by atoms with Crippen molar-refractivity contribution in [1.29, 1.82) is 0 Å². The van der Waals surface area contributed by atoms with Crippen molar-refractivity contribution < 1.29 is 28.5 Å².